The van der Waals surface area contributed by atoms with Crippen LogP contribution in [0.5, 0.6) is 11.6 Å². The van der Waals surface area contributed by atoms with Crippen molar-refractivity contribution in [2.24, 2.45) is 5.92 Å². The lowest BCUT2D eigenvalue weighted by Crippen LogP contribution is -2.39. The molecule has 1 aromatic heterocycles. The molecule has 0 saturated heterocycles. The number of nitrogens with zero attached hydrogens (tertiary/aromatic N) is 1. The highest BCUT2D eigenvalue weighted by atomic mass is 79.9. The first-order valence-electron chi connectivity index (χ1n) is 10.9. The fourth-order valence-electron chi connectivity index (χ4n) is 4.26. The molecule has 3 aromatic rings. The molecule has 7 heteroatoms. The Hall–Kier alpha value is -2.93. The van der Waals surface area contributed by atoms with Gasteiger partial charge in [-0.1, -0.05) is 26.0 Å². The number of methoxy groups -OCH3 is 2. The van der Waals surface area contributed by atoms with Gasteiger partial charge >= 0.3 is 5.97 Å². The molecule has 1 saturated carbocycles. The van der Waals surface area contributed by atoms with Crippen LogP contribution in [0.4, 0.5) is 0 Å². The van der Waals surface area contributed by atoms with Gasteiger partial charge in [0, 0.05) is 21.0 Å². The largest absolute Gasteiger partial charge is 0.497 e. The van der Waals surface area contributed by atoms with Crippen molar-refractivity contribution >= 4 is 39.1 Å². The van der Waals surface area contributed by atoms with Gasteiger partial charge in [0.25, 0.3) is 0 Å². The zero-order chi connectivity index (χ0) is 23.7. The number of carbonyl (C=O) groups is 2. The van der Waals surface area contributed by atoms with Crippen LogP contribution in [0.3, 0.4) is 0 Å². The van der Waals surface area contributed by atoms with Gasteiger partial charge in [0.05, 0.1) is 25.7 Å². The van der Waals surface area contributed by atoms with Gasteiger partial charge in [-0.15, -0.1) is 0 Å². The molecule has 1 heterocycles. The molecule has 1 fully saturated rings. The van der Waals surface area contributed by atoms with Crippen molar-refractivity contribution in [3.63, 3.8) is 0 Å². The predicted octanol–water partition coefficient (Wildman–Crippen LogP) is 5.94. The quantitative estimate of drug-likeness (QED) is 0.288. The highest BCUT2D eigenvalue weighted by Gasteiger charge is 2.38. The molecule has 0 spiro atoms. The van der Waals surface area contributed by atoms with E-state index in [1.54, 1.807) is 7.11 Å². The van der Waals surface area contributed by atoms with Crippen LogP contribution in [0.2, 0.25) is 0 Å². The van der Waals surface area contributed by atoms with Crippen molar-refractivity contribution in [3.8, 4) is 22.8 Å². The Balaban J connectivity index is 1.88. The second kappa shape index (κ2) is 9.51. The Labute approximate surface area is 201 Å². The molecule has 0 atom stereocenters. The van der Waals surface area contributed by atoms with E-state index in [-0.39, 0.29) is 23.9 Å². The minimum absolute atomic E-state index is 0.0991. The fraction of sp³-hybridized carbons (Fsp3) is 0.346. The van der Waals surface area contributed by atoms with Gasteiger partial charge in [-0.05, 0) is 70.1 Å². The number of aldehydes is 1. The summed E-state index contributed by atoms with van der Waals surface area (Å²) in [5.74, 6) is 1.10. The molecule has 1 aliphatic rings. The first kappa shape index (κ1) is 23.2. The topological polar surface area (TPSA) is 74.7 Å². The van der Waals surface area contributed by atoms with E-state index in [1.807, 2.05) is 36.4 Å². The zero-order valence-electron chi connectivity index (χ0n) is 19.1. The molecular formula is C26H26BrNO5. The van der Waals surface area contributed by atoms with Gasteiger partial charge in [0.1, 0.15) is 11.9 Å². The third-order valence-electron chi connectivity index (χ3n) is 6.10. The summed E-state index contributed by atoms with van der Waals surface area (Å²) in [5.41, 5.74) is 4.21. The average Bonchev–Trinajstić information content (AvgIpc) is 2.79. The second-order valence-corrected chi connectivity index (χ2v) is 9.38. The number of carbonyl (C=O) groups excluding carboxylic acids is 2. The Morgan fingerprint density at radius 2 is 1.85 bits per heavy atom. The number of benzene rings is 2. The lowest BCUT2D eigenvalue weighted by atomic mass is 9.82. The Morgan fingerprint density at radius 3 is 2.42 bits per heavy atom. The van der Waals surface area contributed by atoms with Crippen LogP contribution in [0.1, 0.15) is 48.5 Å². The number of fused-ring (bicyclic) bond motifs is 1. The van der Waals surface area contributed by atoms with Crippen LogP contribution < -0.4 is 9.47 Å². The highest BCUT2D eigenvalue weighted by Crippen LogP contribution is 2.43. The lowest BCUT2D eigenvalue weighted by molar-refractivity contribution is -0.151. The molecule has 33 heavy (non-hydrogen) atoms. The summed E-state index contributed by atoms with van der Waals surface area (Å²) < 4.78 is 17.2. The molecule has 4 rings (SSSR count). The Kier molecular flexibility index (Phi) is 6.70. The van der Waals surface area contributed by atoms with Crippen LogP contribution in [0.25, 0.3) is 22.0 Å². The maximum Gasteiger partial charge on any atom is 0.308 e. The molecule has 0 unspecified atom stereocenters. The van der Waals surface area contributed by atoms with Crippen LogP contribution in [0.15, 0.2) is 40.9 Å². The van der Waals surface area contributed by atoms with Crippen molar-refractivity contribution in [3.05, 3.63) is 52.0 Å². The van der Waals surface area contributed by atoms with Gasteiger partial charge in [0.15, 0.2) is 6.29 Å². The zero-order valence-corrected chi connectivity index (χ0v) is 20.6. The van der Waals surface area contributed by atoms with E-state index in [1.165, 1.54) is 7.11 Å². The molecule has 0 bridgehead atoms. The van der Waals surface area contributed by atoms with Crippen LogP contribution in [-0.2, 0) is 9.53 Å². The number of ether oxygens (including phenoxy) is 3. The summed E-state index contributed by atoms with van der Waals surface area (Å²) in [5, 5.41) is 0.877. The van der Waals surface area contributed by atoms with Gasteiger partial charge in [-0.2, -0.15) is 0 Å². The predicted molar refractivity (Wildman–Crippen MR) is 130 cm³/mol. The van der Waals surface area contributed by atoms with E-state index < -0.39 is 0 Å². The van der Waals surface area contributed by atoms with E-state index in [0.29, 0.717) is 28.8 Å². The molecule has 0 amide bonds. The highest BCUT2D eigenvalue weighted by molar-refractivity contribution is 9.10. The third-order valence-corrected chi connectivity index (χ3v) is 6.78. The van der Waals surface area contributed by atoms with Gasteiger partial charge in [-0.25, -0.2) is 4.98 Å². The average molecular weight is 512 g/mol. The van der Waals surface area contributed by atoms with Crippen LogP contribution in [-0.4, -0.2) is 37.6 Å². The Morgan fingerprint density at radius 1 is 1.15 bits per heavy atom. The summed E-state index contributed by atoms with van der Waals surface area (Å²) in [4.78, 5) is 28.3. The molecule has 0 radical (unpaired) electrons. The monoisotopic (exact) mass is 511 g/mol. The van der Waals surface area contributed by atoms with Crippen molar-refractivity contribution in [1.29, 1.82) is 0 Å². The lowest BCUT2D eigenvalue weighted by Gasteiger charge is -2.34. The summed E-state index contributed by atoms with van der Waals surface area (Å²) in [7, 11) is 3.04. The number of aromatic nitrogens is 1. The number of rotatable bonds is 7. The van der Waals surface area contributed by atoms with Gasteiger partial charge in [0.2, 0.25) is 5.88 Å². The second-order valence-electron chi connectivity index (χ2n) is 8.53. The number of pyridine rings is 1. The third kappa shape index (κ3) is 4.47. The molecule has 2 aromatic carbocycles. The van der Waals surface area contributed by atoms with E-state index in [9.17, 15) is 9.59 Å². The fourth-order valence-corrected chi connectivity index (χ4v) is 4.68. The molecule has 0 aliphatic heterocycles. The maximum atomic E-state index is 11.8. The SMILES string of the molecule is COC(=O)C1CC(Oc2nc3cc(Br)c(C=O)cc3c(-c3ccc(OC)cc3)c2C(C)C)C1. The smallest absolute Gasteiger partial charge is 0.308 e. The first-order chi connectivity index (χ1) is 15.9. The van der Waals surface area contributed by atoms with Crippen molar-refractivity contribution in [1.82, 2.24) is 4.98 Å². The van der Waals surface area contributed by atoms with E-state index in [0.717, 1.165) is 39.6 Å². The van der Waals surface area contributed by atoms with E-state index in [4.69, 9.17) is 19.2 Å². The summed E-state index contributed by atoms with van der Waals surface area (Å²) in [6.07, 6.45) is 1.95. The van der Waals surface area contributed by atoms with Crippen molar-refractivity contribution < 1.29 is 23.8 Å². The normalized spacial score (nSPS) is 17.5. The minimum atomic E-state index is -0.199. The number of esters is 1. The summed E-state index contributed by atoms with van der Waals surface area (Å²) in [6, 6.07) is 11.6. The van der Waals surface area contributed by atoms with Gasteiger partial charge < -0.3 is 14.2 Å². The Bertz CT molecular complexity index is 1200. The summed E-state index contributed by atoms with van der Waals surface area (Å²) in [6.45, 7) is 4.19. The maximum absolute atomic E-state index is 11.8. The van der Waals surface area contributed by atoms with Crippen LogP contribution in [0, 0.1) is 5.92 Å². The molecule has 1 aliphatic carbocycles. The molecule has 172 valence electrons. The van der Waals surface area contributed by atoms with Crippen molar-refractivity contribution in [2.45, 2.75) is 38.7 Å². The minimum Gasteiger partial charge on any atom is -0.497 e. The summed E-state index contributed by atoms with van der Waals surface area (Å²) >= 11 is 3.48. The standard InChI is InChI=1S/C26H26BrNO5/c1-14(2)23-24(15-5-7-18(31-3)8-6-15)20-11-17(13-29)21(27)12-22(20)28-25(23)33-19-9-16(10-19)26(30)32-4/h5-8,11-14,16,19H,9-10H2,1-4H3. The van der Waals surface area contributed by atoms with Crippen molar-refractivity contribution in [2.75, 3.05) is 14.2 Å². The first-order valence-corrected chi connectivity index (χ1v) is 11.7. The molecular weight excluding hydrogens is 486 g/mol. The van der Waals surface area contributed by atoms with Crippen LogP contribution >= 0.6 is 15.9 Å². The van der Waals surface area contributed by atoms with Gasteiger partial charge in [-0.3, -0.25) is 9.59 Å². The molecule has 6 nitrogen and oxygen atoms in total. The number of hydrogen-bond acceptors (Lipinski definition) is 6. The number of halogens is 1. The van der Waals surface area contributed by atoms with E-state index in [2.05, 4.69) is 29.8 Å². The molecule has 0 N–H and O–H groups in total. The number of hydrogen-bond donors (Lipinski definition) is 0. The van der Waals surface area contributed by atoms with E-state index >= 15 is 0 Å².